The molecule has 0 atom stereocenters. The molecule has 2 nitrogen and oxygen atoms in total. The summed E-state index contributed by atoms with van der Waals surface area (Å²) in [7, 11) is 0. The van der Waals surface area contributed by atoms with Crippen molar-refractivity contribution in [2.24, 2.45) is 0 Å². The summed E-state index contributed by atoms with van der Waals surface area (Å²) in [5, 5.41) is 9.98. The van der Waals surface area contributed by atoms with Gasteiger partial charge in [0.15, 0.2) is 5.75 Å². The van der Waals surface area contributed by atoms with Crippen LogP contribution >= 0.6 is 0 Å². The minimum absolute atomic E-state index is 0. The molecule has 0 fully saturated rings. The van der Waals surface area contributed by atoms with E-state index < -0.39 is 0 Å². The van der Waals surface area contributed by atoms with E-state index in [1.54, 1.807) is 0 Å². The maximum Gasteiger partial charge on any atom is 0.161 e. The van der Waals surface area contributed by atoms with Crippen molar-refractivity contribution in [3.8, 4) is 5.75 Å². The Morgan fingerprint density at radius 3 is 2.83 bits per heavy atom. The molecule has 0 aliphatic heterocycles. The van der Waals surface area contributed by atoms with E-state index in [2.05, 4.69) is 0 Å². The van der Waals surface area contributed by atoms with Crippen LogP contribution in [-0.4, -0.2) is 5.11 Å². The zero-order chi connectivity index (χ0) is 7.84. The van der Waals surface area contributed by atoms with Gasteiger partial charge in [-0.1, -0.05) is 6.07 Å². The predicted octanol–water partition coefficient (Wildman–Crippen LogP) is 2.45. The van der Waals surface area contributed by atoms with Gasteiger partial charge in [0.1, 0.15) is 11.8 Å². The summed E-state index contributed by atoms with van der Waals surface area (Å²) >= 11 is 0. The van der Waals surface area contributed by atoms with E-state index in [0.29, 0.717) is 0 Å². The fourth-order valence-corrected chi connectivity index (χ4v) is 1.12. The molecular weight excluding hydrogens is 367 g/mol. The number of aryl methyl sites for hydroxylation is 1. The van der Waals surface area contributed by atoms with Gasteiger partial charge in [0, 0.05) is 44.1 Å². The van der Waals surface area contributed by atoms with Crippen molar-refractivity contribution in [1.29, 1.82) is 0 Å². The normalized spacial score (nSPS) is 9.75. The minimum atomic E-state index is 0. The largest absolute Gasteiger partial charge is 0.504 e. The second-order valence-corrected chi connectivity index (χ2v) is 2.62. The summed E-state index contributed by atoms with van der Waals surface area (Å²) in [5.74, 6) is 0.208. The van der Waals surface area contributed by atoms with E-state index in [-0.39, 0.29) is 49.8 Å². The average Bonchev–Trinajstić information content (AvgIpc) is 2.32. The molecule has 0 spiro atoms. The third-order valence-electron chi connectivity index (χ3n) is 1.71. The first-order valence-electron chi connectivity index (χ1n) is 3.44. The van der Waals surface area contributed by atoms with Crippen molar-refractivity contribution in [3.63, 3.8) is 0 Å². The number of fused-ring (bicyclic) bond motifs is 1. The minimum Gasteiger partial charge on any atom is -0.504 e. The fourth-order valence-electron chi connectivity index (χ4n) is 1.12. The standard InChI is InChI=1S/C9H8O2.Ac/c1-6-2-3-7-8(10)5-11-9(7)4-6;/h2-5,10H,1H3;. The molecule has 1 aromatic heterocycles. The van der Waals surface area contributed by atoms with Crippen LogP contribution in [0, 0.1) is 51.0 Å². The summed E-state index contributed by atoms with van der Waals surface area (Å²) < 4.78 is 5.08. The quantitative estimate of drug-likeness (QED) is 0.768. The van der Waals surface area contributed by atoms with Gasteiger partial charge in [-0.25, -0.2) is 0 Å². The van der Waals surface area contributed by atoms with Gasteiger partial charge in [0.25, 0.3) is 0 Å². The van der Waals surface area contributed by atoms with Crippen LogP contribution in [0.1, 0.15) is 5.56 Å². The maximum absolute atomic E-state index is 9.21. The molecule has 12 heavy (non-hydrogen) atoms. The molecule has 0 saturated carbocycles. The first-order chi connectivity index (χ1) is 5.27. The first kappa shape index (κ1) is 10.1. The Bertz CT molecular complexity index is 392. The van der Waals surface area contributed by atoms with Crippen LogP contribution in [0.25, 0.3) is 11.0 Å². The molecule has 1 radical (unpaired) electrons. The fraction of sp³-hybridized carbons (Fsp3) is 0.111. The molecule has 2 aromatic rings. The van der Waals surface area contributed by atoms with Crippen LogP contribution in [0.5, 0.6) is 5.75 Å². The Balaban J connectivity index is 0.000000720. The molecule has 0 aliphatic carbocycles. The van der Waals surface area contributed by atoms with Gasteiger partial charge in [0.2, 0.25) is 0 Å². The van der Waals surface area contributed by atoms with E-state index >= 15 is 0 Å². The molecule has 3 heteroatoms. The number of rotatable bonds is 0. The van der Waals surface area contributed by atoms with E-state index in [9.17, 15) is 5.11 Å². The Hall–Kier alpha value is 0.00156. The Morgan fingerprint density at radius 2 is 2.08 bits per heavy atom. The zero-order valence-corrected chi connectivity index (χ0v) is 11.5. The van der Waals surface area contributed by atoms with Crippen molar-refractivity contribution >= 4 is 11.0 Å². The molecule has 0 saturated heterocycles. The third kappa shape index (κ3) is 1.67. The van der Waals surface area contributed by atoms with Crippen LogP contribution in [0.15, 0.2) is 28.9 Å². The molecule has 0 unspecified atom stereocenters. The van der Waals surface area contributed by atoms with E-state index in [4.69, 9.17) is 4.42 Å². The van der Waals surface area contributed by atoms with Crippen molar-refractivity contribution in [1.82, 2.24) is 0 Å². The molecule has 0 bridgehead atoms. The number of furan rings is 1. The number of hydrogen-bond acceptors (Lipinski definition) is 2. The van der Waals surface area contributed by atoms with Crippen molar-refractivity contribution in [2.75, 3.05) is 0 Å². The van der Waals surface area contributed by atoms with Gasteiger partial charge >= 0.3 is 0 Å². The first-order valence-corrected chi connectivity index (χ1v) is 3.44. The van der Waals surface area contributed by atoms with Gasteiger partial charge in [-0.15, -0.1) is 0 Å². The maximum atomic E-state index is 9.21. The topological polar surface area (TPSA) is 33.4 Å². The summed E-state index contributed by atoms with van der Waals surface area (Å²) in [6, 6.07) is 5.69. The molecule has 1 N–H and O–H groups in total. The summed E-state index contributed by atoms with van der Waals surface area (Å²) in [5.41, 5.74) is 1.87. The molecule has 0 amide bonds. The van der Waals surface area contributed by atoms with Crippen LogP contribution in [0.4, 0.5) is 0 Å². The third-order valence-corrected chi connectivity index (χ3v) is 1.71. The smallest absolute Gasteiger partial charge is 0.161 e. The monoisotopic (exact) mass is 375 g/mol. The van der Waals surface area contributed by atoms with Crippen molar-refractivity contribution in [2.45, 2.75) is 6.92 Å². The zero-order valence-electron chi connectivity index (χ0n) is 6.74. The van der Waals surface area contributed by atoms with Crippen LogP contribution in [0.3, 0.4) is 0 Å². The average molecular weight is 375 g/mol. The summed E-state index contributed by atoms with van der Waals surface area (Å²) in [6.07, 6.45) is 1.35. The van der Waals surface area contributed by atoms with E-state index in [1.807, 2.05) is 25.1 Å². The number of aromatic hydroxyl groups is 1. The molecule has 2 rings (SSSR count). The summed E-state index contributed by atoms with van der Waals surface area (Å²) in [6.45, 7) is 1.99. The van der Waals surface area contributed by atoms with Gasteiger partial charge in [-0.2, -0.15) is 0 Å². The molecule has 0 aliphatic rings. The van der Waals surface area contributed by atoms with Crippen LogP contribution in [-0.2, 0) is 0 Å². The van der Waals surface area contributed by atoms with E-state index in [1.165, 1.54) is 6.26 Å². The number of benzene rings is 1. The SMILES string of the molecule is Cc1ccc2c(O)coc2c1.[Ac]. The predicted molar refractivity (Wildman–Crippen MR) is 42.6 cm³/mol. The van der Waals surface area contributed by atoms with Gasteiger partial charge in [-0.3, -0.25) is 0 Å². The molecular formula is C9H8AcO2. The molecule has 1 heterocycles. The summed E-state index contributed by atoms with van der Waals surface area (Å²) in [4.78, 5) is 0. The van der Waals surface area contributed by atoms with Gasteiger partial charge in [-0.05, 0) is 24.6 Å². The molecule has 59 valence electrons. The van der Waals surface area contributed by atoms with Gasteiger partial charge in [0.05, 0.1) is 5.39 Å². The molecule has 1 aromatic carbocycles. The Kier molecular flexibility index (Phi) is 3.20. The van der Waals surface area contributed by atoms with Crippen molar-refractivity contribution < 1.29 is 53.6 Å². The van der Waals surface area contributed by atoms with Crippen LogP contribution < -0.4 is 0 Å². The van der Waals surface area contributed by atoms with E-state index in [0.717, 1.165) is 16.5 Å². The Morgan fingerprint density at radius 1 is 1.33 bits per heavy atom. The second-order valence-electron chi connectivity index (χ2n) is 2.62. The van der Waals surface area contributed by atoms with Crippen LogP contribution in [0.2, 0.25) is 0 Å². The van der Waals surface area contributed by atoms with Gasteiger partial charge < -0.3 is 9.52 Å². The Labute approximate surface area is 106 Å². The second kappa shape index (κ2) is 3.81. The van der Waals surface area contributed by atoms with Crippen molar-refractivity contribution in [3.05, 3.63) is 30.0 Å². The number of hydrogen-bond donors (Lipinski definition) is 1.